The lowest BCUT2D eigenvalue weighted by molar-refractivity contribution is 1.32. The highest BCUT2D eigenvalue weighted by Crippen LogP contribution is 2.40. The van der Waals surface area contributed by atoms with E-state index in [2.05, 4.69) is 40.5 Å². The van der Waals surface area contributed by atoms with Crippen LogP contribution in [0.15, 0.2) is 36.5 Å². The van der Waals surface area contributed by atoms with Crippen LogP contribution in [0.25, 0.3) is 0 Å². The summed E-state index contributed by atoms with van der Waals surface area (Å²) in [6.45, 7) is 18.2. The SMILES string of the molecule is C=C(C)CP(CC(=C)C)CC(=C)C. The molecular weight excluding hydrogens is 175 g/mol. The molecule has 1 heteroatoms. The van der Waals surface area contributed by atoms with Gasteiger partial charge in [0.25, 0.3) is 0 Å². The third-order valence-electron chi connectivity index (χ3n) is 1.48. The van der Waals surface area contributed by atoms with Gasteiger partial charge in [0.05, 0.1) is 0 Å². The monoisotopic (exact) mass is 196 g/mol. The van der Waals surface area contributed by atoms with Gasteiger partial charge in [0.2, 0.25) is 0 Å². The fourth-order valence-corrected chi connectivity index (χ4v) is 3.94. The number of allylic oxidation sites excluding steroid dienone is 3. The van der Waals surface area contributed by atoms with Gasteiger partial charge in [-0.15, -0.1) is 0 Å². The second-order valence-corrected chi connectivity index (χ2v) is 6.31. The summed E-state index contributed by atoms with van der Waals surface area (Å²) in [7, 11) is 0.0224. The van der Waals surface area contributed by atoms with Gasteiger partial charge >= 0.3 is 0 Å². The van der Waals surface area contributed by atoms with E-state index in [-0.39, 0.29) is 7.92 Å². The summed E-state index contributed by atoms with van der Waals surface area (Å²) >= 11 is 0. The second kappa shape index (κ2) is 6.16. The highest BCUT2D eigenvalue weighted by Gasteiger charge is 2.08. The second-order valence-electron chi connectivity index (χ2n) is 4.02. The molecule has 13 heavy (non-hydrogen) atoms. The largest absolute Gasteiger partial charge is 0.0998 e. The van der Waals surface area contributed by atoms with Gasteiger partial charge in [0.15, 0.2) is 0 Å². The zero-order valence-corrected chi connectivity index (χ0v) is 10.1. The number of hydrogen-bond donors (Lipinski definition) is 0. The lowest BCUT2D eigenvalue weighted by atomic mass is 10.4. The molecule has 0 saturated heterocycles. The first-order chi connectivity index (χ1) is 5.91. The van der Waals surface area contributed by atoms with Crippen molar-refractivity contribution in [1.82, 2.24) is 0 Å². The van der Waals surface area contributed by atoms with Crippen molar-refractivity contribution in [3.8, 4) is 0 Å². The van der Waals surface area contributed by atoms with E-state index in [4.69, 9.17) is 0 Å². The Morgan fingerprint density at radius 1 is 0.769 bits per heavy atom. The van der Waals surface area contributed by atoms with Gasteiger partial charge in [-0.2, -0.15) is 0 Å². The molecule has 0 aliphatic rings. The summed E-state index contributed by atoms with van der Waals surface area (Å²) in [5.41, 5.74) is 3.86. The van der Waals surface area contributed by atoms with Crippen molar-refractivity contribution in [2.45, 2.75) is 20.8 Å². The van der Waals surface area contributed by atoms with E-state index in [1.807, 2.05) is 0 Å². The Kier molecular flexibility index (Phi) is 5.99. The van der Waals surface area contributed by atoms with E-state index in [1.54, 1.807) is 0 Å². The molecule has 0 aliphatic heterocycles. The van der Waals surface area contributed by atoms with E-state index in [1.165, 1.54) is 16.7 Å². The number of rotatable bonds is 6. The van der Waals surface area contributed by atoms with Gasteiger partial charge in [0.1, 0.15) is 0 Å². The van der Waals surface area contributed by atoms with E-state index in [0.29, 0.717) is 0 Å². The molecule has 0 aromatic carbocycles. The molecule has 0 unspecified atom stereocenters. The minimum atomic E-state index is 0.0224. The average Bonchev–Trinajstić information content (AvgIpc) is 1.80. The van der Waals surface area contributed by atoms with Gasteiger partial charge in [-0.05, 0) is 39.3 Å². The van der Waals surface area contributed by atoms with Crippen LogP contribution >= 0.6 is 7.92 Å². The quantitative estimate of drug-likeness (QED) is 0.441. The molecule has 0 fully saturated rings. The maximum absolute atomic E-state index is 3.97. The van der Waals surface area contributed by atoms with Crippen LogP contribution in [-0.4, -0.2) is 18.5 Å². The van der Waals surface area contributed by atoms with Crippen molar-refractivity contribution in [1.29, 1.82) is 0 Å². The van der Waals surface area contributed by atoms with Gasteiger partial charge < -0.3 is 0 Å². The average molecular weight is 196 g/mol. The molecular formula is C12H21P. The summed E-state index contributed by atoms with van der Waals surface area (Å²) in [5, 5.41) is 0. The summed E-state index contributed by atoms with van der Waals surface area (Å²) in [6.07, 6.45) is 3.49. The zero-order valence-electron chi connectivity index (χ0n) is 9.19. The van der Waals surface area contributed by atoms with Crippen molar-refractivity contribution in [3.63, 3.8) is 0 Å². The van der Waals surface area contributed by atoms with E-state index in [9.17, 15) is 0 Å². The molecule has 0 saturated carbocycles. The molecule has 0 rings (SSSR count). The molecule has 0 nitrogen and oxygen atoms in total. The van der Waals surface area contributed by atoms with E-state index in [0.717, 1.165) is 18.5 Å². The third kappa shape index (κ3) is 7.99. The highest BCUT2D eigenvalue weighted by atomic mass is 31.1. The minimum Gasteiger partial charge on any atom is -0.0998 e. The minimum absolute atomic E-state index is 0.0224. The van der Waals surface area contributed by atoms with Gasteiger partial charge in [-0.25, -0.2) is 0 Å². The molecule has 0 aliphatic carbocycles. The van der Waals surface area contributed by atoms with Gasteiger partial charge in [-0.1, -0.05) is 44.4 Å². The van der Waals surface area contributed by atoms with Crippen molar-refractivity contribution in [2.75, 3.05) is 18.5 Å². The normalized spacial score (nSPS) is 10.2. The predicted octanol–water partition coefficient (Wildman–Crippen LogP) is 4.20. The van der Waals surface area contributed by atoms with Crippen LogP contribution in [0.5, 0.6) is 0 Å². The topological polar surface area (TPSA) is 0 Å². The Morgan fingerprint density at radius 3 is 1.15 bits per heavy atom. The van der Waals surface area contributed by atoms with Crippen molar-refractivity contribution >= 4 is 7.92 Å². The van der Waals surface area contributed by atoms with Crippen molar-refractivity contribution < 1.29 is 0 Å². The molecule has 74 valence electrons. The molecule has 0 amide bonds. The zero-order chi connectivity index (χ0) is 10.4. The van der Waals surface area contributed by atoms with Crippen LogP contribution in [0.4, 0.5) is 0 Å². The number of hydrogen-bond acceptors (Lipinski definition) is 0. The smallest absolute Gasteiger partial charge is 0.0114 e. The fourth-order valence-electron chi connectivity index (χ4n) is 1.31. The Morgan fingerprint density at radius 2 is 1.00 bits per heavy atom. The molecule has 0 N–H and O–H groups in total. The molecule has 0 aromatic rings. The Bertz CT molecular complexity index is 175. The van der Waals surface area contributed by atoms with Crippen molar-refractivity contribution in [2.24, 2.45) is 0 Å². The summed E-state index contributed by atoms with van der Waals surface area (Å²) < 4.78 is 0. The lowest BCUT2D eigenvalue weighted by Gasteiger charge is -2.17. The molecule has 0 heterocycles. The molecule has 0 aromatic heterocycles. The first-order valence-corrected chi connectivity index (χ1v) is 6.47. The standard InChI is InChI=1S/C12H21P/c1-10(2)7-13(8-11(3)4)9-12(5)6/h1,3,5,7-9H2,2,4,6H3. The molecule has 0 atom stereocenters. The van der Waals surface area contributed by atoms with Crippen LogP contribution < -0.4 is 0 Å². The maximum Gasteiger partial charge on any atom is -0.0114 e. The van der Waals surface area contributed by atoms with Gasteiger partial charge in [0, 0.05) is 0 Å². The summed E-state index contributed by atoms with van der Waals surface area (Å²) in [5.74, 6) is 0. The first kappa shape index (κ1) is 12.7. The van der Waals surface area contributed by atoms with Gasteiger partial charge in [-0.3, -0.25) is 0 Å². The van der Waals surface area contributed by atoms with E-state index >= 15 is 0 Å². The Labute approximate surface area is 84.2 Å². The lowest BCUT2D eigenvalue weighted by Crippen LogP contribution is -1.97. The van der Waals surface area contributed by atoms with Crippen LogP contribution in [0, 0.1) is 0 Å². The predicted molar refractivity (Wildman–Crippen MR) is 66.0 cm³/mol. The molecule has 0 spiro atoms. The summed E-state index contributed by atoms with van der Waals surface area (Å²) in [6, 6.07) is 0. The van der Waals surface area contributed by atoms with Crippen LogP contribution in [0.2, 0.25) is 0 Å². The fraction of sp³-hybridized carbons (Fsp3) is 0.500. The van der Waals surface area contributed by atoms with Crippen LogP contribution in [0.1, 0.15) is 20.8 Å². The highest BCUT2D eigenvalue weighted by molar-refractivity contribution is 7.58. The van der Waals surface area contributed by atoms with Crippen molar-refractivity contribution in [3.05, 3.63) is 36.5 Å². The van der Waals surface area contributed by atoms with E-state index < -0.39 is 0 Å². The third-order valence-corrected chi connectivity index (χ3v) is 4.44. The van der Waals surface area contributed by atoms with Crippen LogP contribution in [-0.2, 0) is 0 Å². The Balaban J connectivity index is 4.10. The summed E-state index contributed by atoms with van der Waals surface area (Å²) in [4.78, 5) is 0. The Hall–Kier alpha value is -0.350. The van der Waals surface area contributed by atoms with Crippen LogP contribution in [0.3, 0.4) is 0 Å². The molecule has 0 bridgehead atoms. The maximum atomic E-state index is 3.97. The molecule has 0 radical (unpaired) electrons. The first-order valence-electron chi connectivity index (χ1n) is 4.57.